The predicted octanol–water partition coefficient (Wildman–Crippen LogP) is 5.91. The Morgan fingerprint density at radius 2 is 1.65 bits per heavy atom. The molecular formula is C20H34. The first-order valence-corrected chi connectivity index (χ1v) is 9.31. The highest BCUT2D eigenvalue weighted by Gasteiger charge is 2.70. The lowest BCUT2D eigenvalue weighted by Crippen LogP contribution is -2.43. The summed E-state index contributed by atoms with van der Waals surface area (Å²) < 4.78 is 0. The van der Waals surface area contributed by atoms with Gasteiger partial charge in [-0.05, 0) is 84.4 Å². The minimum absolute atomic E-state index is 0.583. The molecule has 1 spiro atoms. The summed E-state index contributed by atoms with van der Waals surface area (Å²) in [6.45, 7) is 13.1. The van der Waals surface area contributed by atoms with Crippen molar-refractivity contribution in [3.8, 4) is 0 Å². The van der Waals surface area contributed by atoms with Gasteiger partial charge in [-0.25, -0.2) is 0 Å². The molecule has 4 aliphatic carbocycles. The molecule has 7 atom stereocenters. The predicted molar refractivity (Wildman–Crippen MR) is 85.4 cm³/mol. The van der Waals surface area contributed by atoms with Gasteiger partial charge >= 0.3 is 0 Å². The molecule has 4 saturated carbocycles. The zero-order valence-corrected chi connectivity index (χ0v) is 14.3. The van der Waals surface area contributed by atoms with E-state index in [2.05, 4.69) is 34.6 Å². The van der Waals surface area contributed by atoms with Crippen LogP contribution in [0.4, 0.5) is 0 Å². The second-order valence-electron chi connectivity index (χ2n) is 10.1. The molecule has 0 heterocycles. The van der Waals surface area contributed by atoms with E-state index in [9.17, 15) is 0 Å². The standard InChI is InChI=1S/C20H34/c1-13-11-20-12-15(13)7-8-16(20)19(5)10-6-9-18(3,4)17(19)14(20)2/h13-17H,6-12H2,1-5H3/t13-,14-,15-,16-,17+,19-,20+/m0/s1. The van der Waals surface area contributed by atoms with E-state index in [0.717, 1.165) is 35.0 Å². The zero-order chi connectivity index (χ0) is 14.3. The Kier molecular flexibility index (Phi) is 2.63. The van der Waals surface area contributed by atoms with E-state index >= 15 is 0 Å². The summed E-state index contributed by atoms with van der Waals surface area (Å²) in [5.41, 5.74) is 1.99. The molecule has 0 aromatic carbocycles. The number of hydrogen-bond donors (Lipinski definition) is 0. The fourth-order valence-corrected chi connectivity index (χ4v) is 8.65. The lowest BCUT2D eigenvalue weighted by Gasteiger charge is -2.51. The molecule has 0 heteroatoms. The molecule has 114 valence electrons. The summed E-state index contributed by atoms with van der Waals surface area (Å²) >= 11 is 0. The molecule has 0 saturated heterocycles. The third-order valence-electron chi connectivity index (χ3n) is 8.96. The van der Waals surface area contributed by atoms with Crippen LogP contribution >= 0.6 is 0 Å². The van der Waals surface area contributed by atoms with E-state index in [1.54, 1.807) is 25.7 Å². The molecule has 0 unspecified atom stereocenters. The van der Waals surface area contributed by atoms with Crippen molar-refractivity contribution in [1.82, 2.24) is 0 Å². The molecule has 0 aromatic rings. The van der Waals surface area contributed by atoms with Crippen molar-refractivity contribution in [2.75, 3.05) is 0 Å². The molecule has 0 N–H and O–H groups in total. The number of fused-ring (bicyclic) bond motifs is 3. The van der Waals surface area contributed by atoms with E-state index < -0.39 is 0 Å². The van der Waals surface area contributed by atoms with Gasteiger partial charge in [0.15, 0.2) is 0 Å². The van der Waals surface area contributed by atoms with Crippen molar-refractivity contribution in [2.45, 2.75) is 79.6 Å². The Hall–Kier alpha value is 0. The van der Waals surface area contributed by atoms with E-state index in [1.165, 1.54) is 19.3 Å². The van der Waals surface area contributed by atoms with Gasteiger partial charge in [-0.15, -0.1) is 0 Å². The Labute approximate surface area is 126 Å². The molecule has 0 amide bonds. The normalized spacial score (nSPS) is 60.1. The molecule has 0 aromatic heterocycles. The van der Waals surface area contributed by atoms with Crippen LogP contribution in [-0.4, -0.2) is 0 Å². The maximum absolute atomic E-state index is 2.71. The van der Waals surface area contributed by atoms with Crippen LogP contribution in [0.1, 0.15) is 79.6 Å². The Bertz CT molecular complexity index is 418. The second-order valence-corrected chi connectivity index (χ2v) is 10.1. The van der Waals surface area contributed by atoms with Gasteiger partial charge in [0.25, 0.3) is 0 Å². The lowest BCUT2D eigenvalue weighted by molar-refractivity contribution is -0.0193. The van der Waals surface area contributed by atoms with Crippen LogP contribution in [0, 0.1) is 45.8 Å². The Morgan fingerprint density at radius 3 is 2.40 bits per heavy atom. The van der Waals surface area contributed by atoms with Gasteiger partial charge in [-0.1, -0.05) is 41.0 Å². The lowest BCUT2D eigenvalue weighted by atomic mass is 9.54. The summed E-state index contributed by atoms with van der Waals surface area (Å²) in [5, 5.41) is 0. The maximum Gasteiger partial charge on any atom is -0.0230 e. The average Bonchev–Trinajstić information content (AvgIpc) is 2.71. The van der Waals surface area contributed by atoms with Gasteiger partial charge in [-0.2, -0.15) is 0 Å². The van der Waals surface area contributed by atoms with Crippen LogP contribution in [0.25, 0.3) is 0 Å². The molecule has 2 bridgehead atoms. The summed E-state index contributed by atoms with van der Waals surface area (Å²) in [6.07, 6.45) is 10.7. The van der Waals surface area contributed by atoms with Gasteiger partial charge in [0, 0.05) is 0 Å². The second kappa shape index (κ2) is 3.85. The topological polar surface area (TPSA) is 0 Å². The van der Waals surface area contributed by atoms with Crippen molar-refractivity contribution >= 4 is 0 Å². The summed E-state index contributed by atoms with van der Waals surface area (Å²) in [6, 6.07) is 0. The van der Waals surface area contributed by atoms with Crippen LogP contribution in [0.5, 0.6) is 0 Å². The van der Waals surface area contributed by atoms with E-state index in [1.807, 2.05) is 0 Å². The van der Waals surface area contributed by atoms with E-state index in [4.69, 9.17) is 0 Å². The third-order valence-corrected chi connectivity index (χ3v) is 8.96. The van der Waals surface area contributed by atoms with Crippen molar-refractivity contribution in [3.63, 3.8) is 0 Å². The SMILES string of the molecule is C[C@H]1C[C@]23C[C@@H]1CC[C@H]2[C@]1(C)CCCC(C)(C)[C@H]1[C@@H]3C. The molecule has 4 rings (SSSR count). The van der Waals surface area contributed by atoms with E-state index in [0.29, 0.717) is 10.8 Å². The summed E-state index contributed by atoms with van der Waals surface area (Å²) in [7, 11) is 0. The van der Waals surface area contributed by atoms with Gasteiger partial charge in [0.05, 0.1) is 0 Å². The first kappa shape index (κ1) is 13.6. The number of hydrogen-bond acceptors (Lipinski definition) is 0. The summed E-state index contributed by atoms with van der Waals surface area (Å²) in [4.78, 5) is 0. The average molecular weight is 274 g/mol. The van der Waals surface area contributed by atoms with Crippen molar-refractivity contribution < 1.29 is 0 Å². The summed E-state index contributed by atoms with van der Waals surface area (Å²) in [5.74, 6) is 5.09. The largest absolute Gasteiger partial charge is 0.0622 e. The fraction of sp³-hybridized carbons (Fsp3) is 1.00. The highest BCUT2D eigenvalue weighted by molar-refractivity contribution is 5.18. The quantitative estimate of drug-likeness (QED) is 0.515. The number of rotatable bonds is 0. The van der Waals surface area contributed by atoms with Crippen LogP contribution in [-0.2, 0) is 0 Å². The Balaban J connectivity index is 1.83. The molecule has 20 heavy (non-hydrogen) atoms. The maximum atomic E-state index is 2.71. The van der Waals surface area contributed by atoms with Crippen molar-refractivity contribution in [3.05, 3.63) is 0 Å². The van der Waals surface area contributed by atoms with Gasteiger partial charge in [0.2, 0.25) is 0 Å². The first-order chi connectivity index (χ1) is 9.31. The van der Waals surface area contributed by atoms with E-state index in [-0.39, 0.29) is 0 Å². The smallest absolute Gasteiger partial charge is 0.0230 e. The fourth-order valence-electron chi connectivity index (χ4n) is 8.65. The van der Waals surface area contributed by atoms with Gasteiger partial charge in [-0.3, -0.25) is 0 Å². The zero-order valence-electron chi connectivity index (χ0n) is 14.3. The van der Waals surface area contributed by atoms with Crippen LogP contribution in [0.3, 0.4) is 0 Å². The monoisotopic (exact) mass is 274 g/mol. The van der Waals surface area contributed by atoms with Crippen molar-refractivity contribution in [1.29, 1.82) is 0 Å². The first-order valence-electron chi connectivity index (χ1n) is 9.31. The highest BCUT2D eigenvalue weighted by Crippen LogP contribution is 2.77. The molecular weight excluding hydrogens is 240 g/mol. The minimum atomic E-state index is 0.583. The molecule has 0 radical (unpaired) electrons. The molecule has 0 aliphatic heterocycles. The highest BCUT2D eigenvalue weighted by atomic mass is 14.7. The Morgan fingerprint density at radius 1 is 0.900 bits per heavy atom. The van der Waals surface area contributed by atoms with Crippen molar-refractivity contribution in [2.24, 2.45) is 45.8 Å². The molecule has 0 nitrogen and oxygen atoms in total. The molecule has 4 fully saturated rings. The van der Waals surface area contributed by atoms with Gasteiger partial charge in [0.1, 0.15) is 0 Å². The molecule has 4 aliphatic rings. The van der Waals surface area contributed by atoms with Crippen LogP contribution < -0.4 is 0 Å². The third kappa shape index (κ3) is 1.40. The van der Waals surface area contributed by atoms with Gasteiger partial charge < -0.3 is 0 Å². The van der Waals surface area contributed by atoms with Crippen LogP contribution in [0.2, 0.25) is 0 Å². The van der Waals surface area contributed by atoms with Crippen LogP contribution in [0.15, 0.2) is 0 Å². The minimum Gasteiger partial charge on any atom is -0.0622 e.